The molecular formula is C23H27N3O4S. The molecule has 8 heteroatoms. The average Bonchev–Trinajstić information content (AvgIpc) is 3.06. The van der Waals surface area contributed by atoms with E-state index in [1.54, 1.807) is 31.2 Å². The predicted octanol–water partition coefficient (Wildman–Crippen LogP) is 3.66. The number of aromatic nitrogens is 1. The van der Waals surface area contributed by atoms with Crippen molar-refractivity contribution in [1.82, 2.24) is 9.29 Å². The summed E-state index contributed by atoms with van der Waals surface area (Å²) in [6.07, 6.45) is 0. The van der Waals surface area contributed by atoms with Crippen molar-refractivity contribution < 1.29 is 17.9 Å². The van der Waals surface area contributed by atoms with E-state index in [4.69, 9.17) is 4.74 Å². The van der Waals surface area contributed by atoms with E-state index < -0.39 is 10.0 Å². The van der Waals surface area contributed by atoms with Crippen LogP contribution in [-0.2, 0) is 14.8 Å². The fraction of sp³-hybridized carbons (Fsp3) is 0.261. The van der Waals surface area contributed by atoms with Gasteiger partial charge in [0, 0.05) is 41.5 Å². The van der Waals surface area contributed by atoms with Gasteiger partial charge >= 0.3 is 0 Å². The molecule has 1 amide bonds. The summed E-state index contributed by atoms with van der Waals surface area (Å²) >= 11 is 0. The van der Waals surface area contributed by atoms with Crippen LogP contribution in [0.15, 0.2) is 65.6 Å². The Bertz CT molecular complexity index is 1130. The van der Waals surface area contributed by atoms with E-state index in [0.29, 0.717) is 11.3 Å². The normalized spacial score (nSPS) is 12.5. The standard InChI is InChI=1S/C23H27N3O4S/c1-16(15-30-4)25-31(28,29)22-13-9-20(10-14-22)24-23(27)19-7-11-21(12-8-19)26-17(2)5-6-18(26)3/h5-14,16,25H,15H2,1-4H3,(H,24,27). The minimum absolute atomic E-state index is 0.121. The molecule has 0 saturated carbocycles. The van der Waals surface area contributed by atoms with Gasteiger partial charge in [-0.2, -0.15) is 0 Å². The number of amides is 1. The molecule has 3 rings (SSSR count). The Morgan fingerprint density at radius 3 is 2.10 bits per heavy atom. The van der Waals surface area contributed by atoms with Gasteiger partial charge in [-0.1, -0.05) is 0 Å². The van der Waals surface area contributed by atoms with E-state index in [0.717, 1.165) is 17.1 Å². The second kappa shape index (κ2) is 9.47. The Hall–Kier alpha value is -2.94. The minimum atomic E-state index is -3.66. The molecule has 0 aliphatic rings. The number of carbonyl (C=O) groups is 1. The molecule has 0 bridgehead atoms. The average molecular weight is 442 g/mol. The van der Waals surface area contributed by atoms with Crippen LogP contribution in [0.2, 0.25) is 0 Å². The van der Waals surface area contributed by atoms with Crippen molar-refractivity contribution in [2.45, 2.75) is 31.7 Å². The maximum Gasteiger partial charge on any atom is 0.255 e. The number of sulfonamides is 1. The van der Waals surface area contributed by atoms with Gasteiger partial charge in [0.05, 0.1) is 11.5 Å². The lowest BCUT2D eigenvalue weighted by atomic mass is 10.2. The van der Waals surface area contributed by atoms with Crippen LogP contribution in [-0.4, -0.2) is 38.7 Å². The number of hydrogen-bond donors (Lipinski definition) is 2. The van der Waals surface area contributed by atoms with Crippen molar-refractivity contribution >= 4 is 21.6 Å². The minimum Gasteiger partial charge on any atom is -0.383 e. The molecule has 0 radical (unpaired) electrons. The number of ether oxygens (including phenoxy) is 1. The lowest BCUT2D eigenvalue weighted by molar-refractivity contribution is 0.102. The van der Waals surface area contributed by atoms with Crippen LogP contribution in [0.4, 0.5) is 5.69 Å². The highest BCUT2D eigenvalue weighted by Gasteiger charge is 2.17. The molecule has 1 unspecified atom stereocenters. The lowest BCUT2D eigenvalue weighted by Gasteiger charge is -2.13. The summed E-state index contributed by atoms with van der Waals surface area (Å²) in [5.41, 5.74) is 4.25. The molecule has 1 aromatic heterocycles. The van der Waals surface area contributed by atoms with Crippen LogP contribution in [0, 0.1) is 13.8 Å². The first kappa shape index (κ1) is 22.7. The highest BCUT2D eigenvalue weighted by molar-refractivity contribution is 7.89. The SMILES string of the molecule is COCC(C)NS(=O)(=O)c1ccc(NC(=O)c2ccc(-n3c(C)ccc3C)cc2)cc1. The molecule has 0 aliphatic heterocycles. The van der Waals surface area contributed by atoms with E-state index in [9.17, 15) is 13.2 Å². The topological polar surface area (TPSA) is 89.4 Å². The van der Waals surface area contributed by atoms with E-state index in [1.807, 2.05) is 38.1 Å². The molecule has 1 heterocycles. The molecule has 0 saturated heterocycles. The maximum absolute atomic E-state index is 12.6. The van der Waals surface area contributed by atoms with Gasteiger partial charge < -0.3 is 14.6 Å². The molecule has 0 spiro atoms. The second-order valence-electron chi connectivity index (χ2n) is 7.45. The molecule has 3 aromatic rings. The van der Waals surface area contributed by atoms with Gasteiger partial charge in [-0.15, -0.1) is 0 Å². The summed E-state index contributed by atoms with van der Waals surface area (Å²) in [6, 6.07) is 17.1. The fourth-order valence-electron chi connectivity index (χ4n) is 3.38. The molecule has 0 fully saturated rings. The summed E-state index contributed by atoms with van der Waals surface area (Å²) in [4.78, 5) is 12.7. The molecule has 7 nitrogen and oxygen atoms in total. The van der Waals surface area contributed by atoms with Crippen LogP contribution in [0.3, 0.4) is 0 Å². The van der Waals surface area contributed by atoms with Gasteiger partial charge in [-0.05, 0) is 81.4 Å². The zero-order chi connectivity index (χ0) is 22.6. The number of carbonyl (C=O) groups excluding carboxylic acids is 1. The van der Waals surface area contributed by atoms with Gasteiger partial charge in [0.2, 0.25) is 10.0 Å². The van der Waals surface area contributed by atoms with Crippen molar-refractivity contribution in [2.75, 3.05) is 19.0 Å². The van der Waals surface area contributed by atoms with E-state index in [2.05, 4.69) is 14.6 Å². The molecule has 2 N–H and O–H groups in total. The summed E-state index contributed by atoms with van der Waals surface area (Å²) < 4.78 is 34.4. The van der Waals surface area contributed by atoms with E-state index >= 15 is 0 Å². The first-order valence-corrected chi connectivity index (χ1v) is 11.4. The number of benzene rings is 2. The number of methoxy groups -OCH3 is 1. The molecule has 164 valence electrons. The Morgan fingerprint density at radius 2 is 1.55 bits per heavy atom. The highest BCUT2D eigenvalue weighted by Crippen LogP contribution is 2.19. The second-order valence-corrected chi connectivity index (χ2v) is 9.17. The van der Waals surface area contributed by atoms with Crippen molar-refractivity contribution in [3.8, 4) is 5.69 Å². The van der Waals surface area contributed by atoms with Gasteiger partial charge in [-0.3, -0.25) is 4.79 Å². The van der Waals surface area contributed by atoms with E-state index in [-0.39, 0.29) is 23.5 Å². The number of aryl methyl sites for hydroxylation is 2. The lowest BCUT2D eigenvalue weighted by Crippen LogP contribution is -2.35. The van der Waals surface area contributed by atoms with Crippen molar-refractivity contribution in [2.24, 2.45) is 0 Å². The third kappa shape index (κ3) is 5.41. The van der Waals surface area contributed by atoms with Crippen molar-refractivity contribution in [3.05, 3.63) is 77.6 Å². The summed E-state index contributed by atoms with van der Waals surface area (Å²) in [5, 5.41) is 2.79. The van der Waals surface area contributed by atoms with Crippen molar-refractivity contribution in [1.29, 1.82) is 0 Å². The third-order valence-electron chi connectivity index (χ3n) is 4.85. The monoisotopic (exact) mass is 441 g/mol. The molecule has 31 heavy (non-hydrogen) atoms. The third-order valence-corrected chi connectivity index (χ3v) is 6.46. The number of rotatable bonds is 8. The van der Waals surface area contributed by atoms with Crippen molar-refractivity contribution in [3.63, 3.8) is 0 Å². The zero-order valence-electron chi connectivity index (χ0n) is 18.0. The number of anilines is 1. The molecule has 0 aliphatic carbocycles. The molecular weight excluding hydrogens is 414 g/mol. The first-order valence-electron chi connectivity index (χ1n) is 9.89. The van der Waals surface area contributed by atoms with Crippen LogP contribution in [0.5, 0.6) is 0 Å². The molecule has 2 aromatic carbocycles. The predicted molar refractivity (Wildman–Crippen MR) is 121 cm³/mol. The largest absolute Gasteiger partial charge is 0.383 e. The first-order chi connectivity index (χ1) is 14.7. The van der Waals surface area contributed by atoms with E-state index in [1.165, 1.54) is 19.2 Å². The van der Waals surface area contributed by atoms with Crippen LogP contribution < -0.4 is 10.0 Å². The Balaban J connectivity index is 1.68. The van der Waals surface area contributed by atoms with Gasteiger partial charge in [0.1, 0.15) is 0 Å². The van der Waals surface area contributed by atoms with Gasteiger partial charge in [-0.25, -0.2) is 13.1 Å². The summed E-state index contributed by atoms with van der Waals surface area (Å²) in [5.74, 6) is -0.269. The Morgan fingerprint density at radius 1 is 0.968 bits per heavy atom. The number of nitrogens with zero attached hydrogens (tertiary/aromatic N) is 1. The Labute approximate surface area is 183 Å². The summed E-state index contributed by atoms with van der Waals surface area (Å²) in [6.45, 7) is 6.06. The number of hydrogen-bond acceptors (Lipinski definition) is 4. The number of nitrogens with one attached hydrogen (secondary N) is 2. The van der Waals surface area contributed by atoms with Gasteiger partial charge in [0.15, 0.2) is 0 Å². The van der Waals surface area contributed by atoms with Crippen LogP contribution in [0.25, 0.3) is 5.69 Å². The van der Waals surface area contributed by atoms with Crippen LogP contribution >= 0.6 is 0 Å². The quantitative estimate of drug-likeness (QED) is 0.558. The fourth-order valence-corrected chi connectivity index (χ4v) is 4.60. The zero-order valence-corrected chi connectivity index (χ0v) is 18.9. The van der Waals surface area contributed by atoms with Crippen LogP contribution in [0.1, 0.15) is 28.7 Å². The smallest absolute Gasteiger partial charge is 0.255 e. The highest BCUT2D eigenvalue weighted by atomic mass is 32.2. The summed E-state index contributed by atoms with van der Waals surface area (Å²) in [7, 11) is -2.15. The van der Waals surface area contributed by atoms with Gasteiger partial charge in [0.25, 0.3) is 5.91 Å². The maximum atomic E-state index is 12.6. The molecule has 1 atom stereocenters. The Kier molecular flexibility index (Phi) is 6.94.